The van der Waals surface area contributed by atoms with Gasteiger partial charge in [0, 0.05) is 17.3 Å². The van der Waals surface area contributed by atoms with Gasteiger partial charge >= 0.3 is 0 Å². The second-order valence-corrected chi connectivity index (χ2v) is 4.49. The molecular weight excluding hydrogens is 269 g/mol. The minimum absolute atomic E-state index is 0.129. The summed E-state index contributed by atoms with van der Waals surface area (Å²) in [5.74, 6) is -1.05. The van der Waals surface area contributed by atoms with Crippen LogP contribution in [0.15, 0.2) is 36.4 Å². The van der Waals surface area contributed by atoms with Crippen LogP contribution >= 0.6 is 11.6 Å². The van der Waals surface area contributed by atoms with Crippen molar-refractivity contribution < 1.29 is 14.3 Å². The number of anilines is 1. The maximum atomic E-state index is 13.1. The second kappa shape index (κ2) is 5.28. The highest BCUT2D eigenvalue weighted by molar-refractivity contribution is 6.32. The summed E-state index contributed by atoms with van der Waals surface area (Å²) in [7, 11) is 0. The number of carbonyl (C=O) groups is 1. The molecule has 2 N–H and O–H groups in total. The Morgan fingerprint density at radius 1 is 1.26 bits per heavy atom. The number of halogens is 2. The van der Waals surface area contributed by atoms with Crippen molar-refractivity contribution in [1.29, 1.82) is 0 Å². The van der Waals surface area contributed by atoms with E-state index in [1.165, 1.54) is 30.3 Å². The third-order valence-electron chi connectivity index (χ3n) is 2.65. The van der Waals surface area contributed by atoms with E-state index in [0.717, 1.165) is 0 Å². The van der Waals surface area contributed by atoms with Gasteiger partial charge in [-0.2, -0.15) is 0 Å². The number of aromatic hydroxyl groups is 1. The molecule has 1 amide bonds. The first-order valence-corrected chi connectivity index (χ1v) is 5.91. The molecule has 0 saturated heterocycles. The third kappa shape index (κ3) is 3.03. The highest BCUT2D eigenvalue weighted by Gasteiger charge is 2.11. The van der Waals surface area contributed by atoms with Crippen molar-refractivity contribution in [2.75, 3.05) is 5.32 Å². The summed E-state index contributed by atoms with van der Waals surface area (Å²) in [6, 6.07) is 8.33. The van der Waals surface area contributed by atoms with Crippen molar-refractivity contribution in [3.8, 4) is 5.75 Å². The van der Waals surface area contributed by atoms with Gasteiger partial charge in [-0.05, 0) is 36.8 Å². The van der Waals surface area contributed by atoms with Crippen LogP contribution in [0.3, 0.4) is 0 Å². The summed E-state index contributed by atoms with van der Waals surface area (Å²) in [6.07, 6.45) is 0. The summed E-state index contributed by atoms with van der Waals surface area (Å²) in [4.78, 5) is 12.0. The lowest BCUT2D eigenvalue weighted by Gasteiger charge is -2.08. The topological polar surface area (TPSA) is 49.3 Å². The number of phenols is 1. The fraction of sp³-hybridized carbons (Fsp3) is 0.0714. The lowest BCUT2D eigenvalue weighted by Crippen LogP contribution is -2.13. The normalized spacial score (nSPS) is 10.3. The minimum Gasteiger partial charge on any atom is -0.506 e. The Labute approximate surface area is 114 Å². The number of phenolic OH excluding ortho intramolecular Hbond substituents is 1. The SMILES string of the molecule is Cc1ccc(F)cc1C(=O)Nc1ccc(Cl)c(O)c1. The molecule has 0 atom stereocenters. The van der Waals surface area contributed by atoms with Crippen molar-refractivity contribution in [2.45, 2.75) is 6.92 Å². The maximum absolute atomic E-state index is 13.1. The summed E-state index contributed by atoms with van der Waals surface area (Å²) in [5, 5.41) is 12.2. The van der Waals surface area contributed by atoms with Crippen LogP contribution in [0.4, 0.5) is 10.1 Å². The number of benzene rings is 2. The third-order valence-corrected chi connectivity index (χ3v) is 2.97. The highest BCUT2D eigenvalue weighted by Crippen LogP contribution is 2.26. The van der Waals surface area contributed by atoms with Gasteiger partial charge in [-0.1, -0.05) is 17.7 Å². The number of nitrogens with one attached hydrogen (secondary N) is 1. The van der Waals surface area contributed by atoms with E-state index in [1.807, 2.05) is 0 Å². The molecule has 19 heavy (non-hydrogen) atoms. The minimum atomic E-state index is -0.477. The monoisotopic (exact) mass is 279 g/mol. The molecule has 0 spiro atoms. The smallest absolute Gasteiger partial charge is 0.256 e. The number of hydrogen-bond donors (Lipinski definition) is 2. The van der Waals surface area contributed by atoms with Gasteiger partial charge in [0.25, 0.3) is 5.91 Å². The molecule has 0 radical (unpaired) electrons. The molecule has 0 saturated carbocycles. The van der Waals surface area contributed by atoms with Crippen LogP contribution in [0.25, 0.3) is 0 Å². The fourth-order valence-electron chi connectivity index (χ4n) is 1.63. The van der Waals surface area contributed by atoms with Gasteiger partial charge in [0.05, 0.1) is 5.02 Å². The van der Waals surface area contributed by atoms with Crippen molar-refractivity contribution in [3.05, 3.63) is 58.4 Å². The molecule has 0 aliphatic carbocycles. The first-order valence-electron chi connectivity index (χ1n) is 5.53. The Morgan fingerprint density at radius 2 is 2.00 bits per heavy atom. The second-order valence-electron chi connectivity index (χ2n) is 4.08. The van der Waals surface area contributed by atoms with Crippen LogP contribution in [0.2, 0.25) is 5.02 Å². The van der Waals surface area contributed by atoms with Crippen molar-refractivity contribution in [3.63, 3.8) is 0 Å². The van der Waals surface area contributed by atoms with Gasteiger partial charge in [0.15, 0.2) is 0 Å². The quantitative estimate of drug-likeness (QED) is 0.880. The number of carbonyl (C=O) groups excluding carboxylic acids is 1. The van der Waals surface area contributed by atoms with Gasteiger partial charge in [0.1, 0.15) is 11.6 Å². The summed E-state index contributed by atoms with van der Waals surface area (Å²) >= 11 is 5.67. The van der Waals surface area contributed by atoms with E-state index in [1.54, 1.807) is 13.0 Å². The van der Waals surface area contributed by atoms with E-state index in [9.17, 15) is 14.3 Å². The van der Waals surface area contributed by atoms with E-state index in [0.29, 0.717) is 11.3 Å². The molecular formula is C14H11ClFNO2. The Kier molecular flexibility index (Phi) is 3.71. The van der Waals surface area contributed by atoms with Gasteiger partial charge in [-0.15, -0.1) is 0 Å². The number of rotatable bonds is 2. The predicted molar refractivity (Wildman–Crippen MR) is 72.2 cm³/mol. The molecule has 5 heteroatoms. The van der Waals surface area contributed by atoms with Crippen LogP contribution in [0.5, 0.6) is 5.75 Å². The first kappa shape index (κ1) is 13.4. The van der Waals surface area contributed by atoms with Gasteiger partial charge in [-0.25, -0.2) is 4.39 Å². The predicted octanol–water partition coefficient (Wildman–Crippen LogP) is 3.75. The Hall–Kier alpha value is -2.07. The van der Waals surface area contributed by atoms with Crippen LogP contribution in [0.1, 0.15) is 15.9 Å². The van der Waals surface area contributed by atoms with E-state index in [2.05, 4.69) is 5.32 Å². The summed E-state index contributed by atoms with van der Waals surface area (Å²) in [5.41, 5.74) is 1.29. The van der Waals surface area contributed by atoms with Crippen LogP contribution in [0, 0.1) is 12.7 Å². The van der Waals surface area contributed by atoms with Crippen LogP contribution in [-0.2, 0) is 0 Å². The van der Waals surface area contributed by atoms with Crippen molar-refractivity contribution in [2.24, 2.45) is 0 Å². The number of hydrogen-bond acceptors (Lipinski definition) is 2. The molecule has 0 unspecified atom stereocenters. The Morgan fingerprint density at radius 3 is 2.68 bits per heavy atom. The largest absolute Gasteiger partial charge is 0.506 e. The van der Waals surface area contributed by atoms with E-state index in [4.69, 9.17) is 11.6 Å². The molecule has 0 heterocycles. The molecule has 2 aromatic carbocycles. The highest BCUT2D eigenvalue weighted by atomic mass is 35.5. The fourth-order valence-corrected chi connectivity index (χ4v) is 1.75. The molecule has 3 nitrogen and oxygen atoms in total. The molecule has 0 aliphatic heterocycles. The van der Waals surface area contributed by atoms with E-state index >= 15 is 0 Å². The lowest BCUT2D eigenvalue weighted by molar-refractivity contribution is 0.102. The van der Waals surface area contributed by atoms with Crippen LogP contribution < -0.4 is 5.32 Å². The zero-order valence-electron chi connectivity index (χ0n) is 10.1. The van der Waals surface area contributed by atoms with E-state index < -0.39 is 11.7 Å². The Bertz CT molecular complexity index is 643. The van der Waals surface area contributed by atoms with Crippen molar-refractivity contribution >= 4 is 23.2 Å². The average Bonchev–Trinajstić information content (AvgIpc) is 2.36. The van der Waals surface area contributed by atoms with Gasteiger partial charge in [-0.3, -0.25) is 4.79 Å². The van der Waals surface area contributed by atoms with E-state index in [-0.39, 0.29) is 16.3 Å². The molecule has 0 aromatic heterocycles. The molecule has 0 aliphatic rings. The standard InChI is InChI=1S/C14H11ClFNO2/c1-8-2-3-9(16)6-11(8)14(19)17-10-4-5-12(15)13(18)7-10/h2-7,18H,1H3,(H,17,19). The molecule has 2 aromatic rings. The number of aryl methyl sites for hydroxylation is 1. The molecule has 0 bridgehead atoms. The molecule has 2 rings (SSSR count). The number of amides is 1. The molecule has 98 valence electrons. The molecule has 0 fully saturated rings. The van der Waals surface area contributed by atoms with Crippen molar-refractivity contribution in [1.82, 2.24) is 0 Å². The lowest BCUT2D eigenvalue weighted by atomic mass is 10.1. The Balaban J connectivity index is 2.25. The first-order chi connectivity index (χ1) is 8.97. The van der Waals surface area contributed by atoms with Gasteiger partial charge in [0.2, 0.25) is 0 Å². The zero-order valence-corrected chi connectivity index (χ0v) is 10.8. The summed E-state index contributed by atoms with van der Waals surface area (Å²) in [6.45, 7) is 1.72. The van der Waals surface area contributed by atoms with Crippen LogP contribution in [-0.4, -0.2) is 11.0 Å². The average molecular weight is 280 g/mol. The zero-order chi connectivity index (χ0) is 14.0. The maximum Gasteiger partial charge on any atom is 0.256 e. The van der Waals surface area contributed by atoms with Gasteiger partial charge < -0.3 is 10.4 Å². The summed E-state index contributed by atoms with van der Waals surface area (Å²) < 4.78 is 13.1.